The lowest BCUT2D eigenvalue weighted by atomic mass is 9.70. The van der Waals surface area contributed by atoms with E-state index < -0.39 is 0 Å². The van der Waals surface area contributed by atoms with Crippen LogP contribution in [0.25, 0.3) is 0 Å². The largest absolute Gasteiger partial charge is 0.465 e. The van der Waals surface area contributed by atoms with Crippen LogP contribution < -0.4 is 5.32 Å². The van der Waals surface area contributed by atoms with Crippen molar-refractivity contribution in [2.75, 3.05) is 25.5 Å². The predicted molar refractivity (Wildman–Crippen MR) is 129 cm³/mol. The molecule has 1 amide bonds. The fourth-order valence-corrected chi connectivity index (χ4v) is 4.69. The van der Waals surface area contributed by atoms with Crippen LogP contribution in [0.4, 0.5) is 5.69 Å². The first-order valence-corrected chi connectivity index (χ1v) is 11.5. The minimum Gasteiger partial charge on any atom is -0.465 e. The van der Waals surface area contributed by atoms with Crippen molar-refractivity contribution in [1.29, 1.82) is 0 Å². The van der Waals surface area contributed by atoms with E-state index >= 15 is 0 Å². The molecule has 1 aliphatic heterocycles. The minimum absolute atomic E-state index is 0.0502. The first kappa shape index (κ1) is 24.1. The monoisotopic (exact) mass is 456 g/mol. The molecule has 0 aliphatic carbocycles. The Kier molecular flexibility index (Phi) is 7.50. The number of amides is 1. The van der Waals surface area contributed by atoms with Crippen LogP contribution in [-0.2, 0) is 9.53 Å². The lowest BCUT2D eigenvalue weighted by Gasteiger charge is -2.46. The van der Waals surface area contributed by atoms with Gasteiger partial charge in [0, 0.05) is 23.8 Å². The van der Waals surface area contributed by atoms with Gasteiger partial charge in [-0.2, -0.15) is 0 Å². The Labute approximate surface area is 196 Å². The molecule has 2 aromatic carbocycles. The highest BCUT2D eigenvalue weighted by molar-refractivity contribution is 6.30. The number of carbonyl (C=O) groups excluding carboxylic acids is 2. The molecule has 5 nitrogen and oxygen atoms in total. The molecule has 0 spiro atoms. The molecule has 0 saturated carbocycles. The maximum absolute atomic E-state index is 13.5. The average molecular weight is 457 g/mol. The molecule has 32 heavy (non-hydrogen) atoms. The van der Waals surface area contributed by atoms with Crippen LogP contribution in [-0.4, -0.2) is 43.0 Å². The number of piperidine rings is 1. The van der Waals surface area contributed by atoms with E-state index in [2.05, 4.69) is 31.3 Å². The van der Waals surface area contributed by atoms with Gasteiger partial charge in [0.15, 0.2) is 0 Å². The molecule has 1 heterocycles. The van der Waals surface area contributed by atoms with E-state index in [1.54, 1.807) is 12.1 Å². The summed E-state index contributed by atoms with van der Waals surface area (Å²) in [7, 11) is 1.36. The van der Waals surface area contributed by atoms with E-state index in [1.165, 1.54) is 12.7 Å². The molecule has 6 heteroatoms. The van der Waals surface area contributed by atoms with Gasteiger partial charge in [0.05, 0.1) is 12.7 Å². The van der Waals surface area contributed by atoms with Crippen molar-refractivity contribution < 1.29 is 14.3 Å². The molecule has 1 saturated heterocycles. The SMILES string of the molecule is COC(=O)c1ccc(N[C@@H](C(=O)N2CCC(c3ccc(Cl)cc3)C(C)(C)C2)C(C)C)cc1. The number of hydrogen-bond acceptors (Lipinski definition) is 4. The van der Waals surface area contributed by atoms with Crippen molar-refractivity contribution in [3.05, 3.63) is 64.7 Å². The normalized spacial score (nSPS) is 18.8. The van der Waals surface area contributed by atoms with Gasteiger partial charge < -0.3 is 15.0 Å². The van der Waals surface area contributed by atoms with E-state index in [4.69, 9.17) is 16.3 Å². The van der Waals surface area contributed by atoms with Crippen molar-refractivity contribution in [2.24, 2.45) is 11.3 Å². The Morgan fingerprint density at radius 1 is 1.09 bits per heavy atom. The van der Waals surface area contributed by atoms with Gasteiger partial charge in [-0.1, -0.05) is 51.4 Å². The lowest BCUT2D eigenvalue weighted by molar-refractivity contribution is -0.136. The summed E-state index contributed by atoms with van der Waals surface area (Å²) in [5.74, 6) is 0.221. The molecular formula is C26H33ClN2O3. The second-order valence-electron chi connectivity index (χ2n) is 9.58. The summed E-state index contributed by atoms with van der Waals surface area (Å²) in [6.45, 7) is 9.98. The quantitative estimate of drug-likeness (QED) is 0.574. The first-order chi connectivity index (χ1) is 15.1. The number of rotatable bonds is 6. The summed E-state index contributed by atoms with van der Waals surface area (Å²) in [5, 5.41) is 4.12. The topological polar surface area (TPSA) is 58.6 Å². The lowest BCUT2D eigenvalue weighted by Crippen LogP contribution is -2.53. The molecule has 2 aromatic rings. The standard InChI is InChI=1S/C26H33ClN2O3/c1-17(2)23(28-21-12-8-19(9-13-21)25(31)32-5)24(30)29-15-14-22(26(3,4)16-29)18-6-10-20(27)11-7-18/h6-13,17,22-23,28H,14-16H2,1-5H3/t22?,23-/m1/s1. The number of hydrogen-bond donors (Lipinski definition) is 1. The number of methoxy groups -OCH3 is 1. The van der Waals surface area contributed by atoms with Crippen molar-refractivity contribution in [2.45, 2.75) is 46.1 Å². The average Bonchev–Trinajstić information content (AvgIpc) is 2.77. The number of nitrogens with zero attached hydrogens (tertiary/aromatic N) is 1. The van der Waals surface area contributed by atoms with Crippen LogP contribution in [0.15, 0.2) is 48.5 Å². The molecule has 1 fully saturated rings. The van der Waals surface area contributed by atoms with Gasteiger partial charge in [-0.05, 0) is 65.6 Å². The number of nitrogens with one attached hydrogen (secondary N) is 1. The van der Waals surface area contributed by atoms with E-state index in [0.717, 1.165) is 23.7 Å². The molecule has 1 N–H and O–H groups in total. The van der Waals surface area contributed by atoms with E-state index in [-0.39, 0.29) is 29.3 Å². The summed E-state index contributed by atoms with van der Waals surface area (Å²) in [5.41, 5.74) is 2.51. The van der Waals surface area contributed by atoms with Gasteiger partial charge in [-0.3, -0.25) is 4.79 Å². The number of halogens is 1. The van der Waals surface area contributed by atoms with Crippen molar-refractivity contribution in [3.8, 4) is 0 Å². The Morgan fingerprint density at radius 2 is 1.72 bits per heavy atom. The summed E-state index contributed by atoms with van der Waals surface area (Å²) in [6.07, 6.45) is 0.916. The van der Waals surface area contributed by atoms with Crippen LogP contribution >= 0.6 is 11.6 Å². The second-order valence-corrected chi connectivity index (χ2v) is 10.0. The first-order valence-electron chi connectivity index (χ1n) is 11.1. The van der Waals surface area contributed by atoms with Crippen molar-refractivity contribution in [1.82, 2.24) is 4.90 Å². The highest BCUT2D eigenvalue weighted by Gasteiger charge is 2.40. The van der Waals surface area contributed by atoms with Crippen LogP contribution in [0.5, 0.6) is 0 Å². The third kappa shape index (κ3) is 5.44. The van der Waals surface area contributed by atoms with Crippen LogP contribution in [0.1, 0.15) is 56.0 Å². The van der Waals surface area contributed by atoms with Gasteiger partial charge in [0.1, 0.15) is 6.04 Å². The molecule has 2 atom stereocenters. The Hall–Kier alpha value is -2.53. The number of benzene rings is 2. The highest BCUT2D eigenvalue weighted by Crippen LogP contribution is 2.42. The molecule has 0 radical (unpaired) electrons. The van der Waals surface area contributed by atoms with Gasteiger partial charge in [0.2, 0.25) is 5.91 Å². The highest BCUT2D eigenvalue weighted by atomic mass is 35.5. The summed E-state index contributed by atoms with van der Waals surface area (Å²) in [6, 6.07) is 14.8. The number of carbonyl (C=O) groups is 2. The fraction of sp³-hybridized carbons (Fsp3) is 0.462. The second kappa shape index (κ2) is 9.95. The van der Waals surface area contributed by atoms with Crippen molar-refractivity contribution in [3.63, 3.8) is 0 Å². The zero-order valence-electron chi connectivity index (χ0n) is 19.5. The summed E-state index contributed by atoms with van der Waals surface area (Å²) >= 11 is 6.07. The van der Waals surface area contributed by atoms with Crippen molar-refractivity contribution >= 4 is 29.2 Å². The van der Waals surface area contributed by atoms with Gasteiger partial charge in [-0.25, -0.2) is 4.79 Å². The Bertz CT molecular complexity index is 939. The summed E-state index contributed by atoms with van der Waals surface area (Å²) in [4.78, 5) is 27.2. The minimum atomic E-state index is -0.376. The third-order valence-electron chi connectivity index (χ3n) is 6.37. The Balaban J connectivity index is 1.71. The molecular weight excluding hydrogens is 424 g/mol. The fourth-order valence-electron chi connectivity index (χ4n) is 4.57. The maximum Gasteiger partial charge on any atom is 0.337 e. The van der Waals surface area contributed by atoms with Gasteiger partial charge >= 0.3 is 5.97 Å². The molecule has 3 rings (SSSR count). The zero-order valence-corrected chi connectivity index (χ0v) is 20.3. The van der Waals surface area contributed by atoms with E-state index in [0.29, 0.717) is 18.0 Å². The van der Waals surface area contributed by atoms with Crippen LogP contribution in [0, 0.1) is 11.3 Å². The predicted octanol–water partition coefficient (Wildman–Crippen LogP) is 5.61. The third-order valence-corrected chi connectivity index (χ3v) is 6.63. The van der Waals surface area contributed by atoms with Crippen LogP contribution in [0.2, 0.25) is 5.02 Å². The number of ether oxygens (including phenoxy) is 1. The molecule has 0 aromatic heterocycles. The number of esters is 1. The van der Waals surface area contributed by atoms with Crippen LogP contribution in [0.3, 0.4) is 0 Å². The smallest absolute Gasteiger partial charge is 0.337 e. The molecule has 1 unspecified atom stereocenters. The molecule has 172 valence electrons. The Morgan fingerprint density at radius 3 is 2.25 bits per heavy atom. The number of likely N-dealkylation sites (tertiary alicyclic amines) is 1. The van der Waals surface area contributed by atoms with E-state index in [1.807, 2.05) is 43.0 Å². The maximum atomic E-state index is 13.5. The molecule has 1 aliphatic rings. The van der Waals surface area contributed by atoms with Gasteiger partial charge in [0.25, 0.3) is 0 Å². The molecule has 0 bridgehead atoms. The van der Waals surface area contributed by atoms with E-state index in [9.17, 15) is 9.59 Å². The number of anilines is 1. The van der Waals surface area contributed by atoms with Gasteiger partial charge in [-0.15, -0.1) is 0 Å². The zero-order chi connectivity index (χ0) is 23.5. The summed E-state index contributed by atoms with van der Waals surface area (Å²) < 4.78 is 4.75.